The van der Waals surface area contributed by atoms with Gasteiger partial charge >= 0.3 is 0 Å². The van der Waals surface area contributed by atoms with Crippen LogP contribution in [0.3, 0.4) is 0 Å². The molecule has 0 amide bonds. The predicted molar refractivity (Wildman–Crippen MR) is 79.6 cm³/mol. The van der Waals surface area contributed by atoms with Gasteiger partial charge in [-0.05, 0) is 38.3 Å². The van der Waals surface area contributed by atoms with E-state index in [0.717, 1.165) is 31.5 Å². The third-order valence-corrected chi connectivity index (χ3v) is 3.44. The van der Waals surface area contributed by atoms with E-state index in [2.05, 4.69) is 20.8 Å². The number of aromatic nitrogens is 1. The fraction of sp³-hybridized carbons (Fsp3) is 0.688. The van der Waals surface area contributed by atoms with Crippen molar-refractivity contribution < 1.29 is 5.11 Å². The van der Waals surface area contributed by atoms with Gasteiger partial charge < -0.3 is 9.67 Å². The van der Waals surface area contributed by atoms with E-state index in [1.54, 1.807) is 19.9 Å². The van der Waals surface area contributed by atoms with Gasteiger partial charge in [-0.25, -0.2) is 0 Å². The normalized spacial score (nSPS) is 12.2. The Morgan fingerprint density at radius 2 is 1.89 bits per heavy atom. The molecule has 0 fully saturated rings. The van der Waals surface area contributed by atoms with Gasteiger partial charge in [0.2, 0.25) is 0 Å². The maximum absolute atomic E-state index is 12.5. The molecule has 0 spiro atoms. The van der Waals surface area contributed by atoms with Gasteiger partial charge in [0.15, 0.2) is 0 Å². The Bertz CT molecular complexity index is 467. The van der Waals surface area contributed by atoms with Gasteiger partial charge in [-0.15, -0.1) is 0 Å². The Morgan fingerprint density at radius 1 is 1.26 bits per heavy atom. The smallest absolute Gasteiger partial charge is 0.256 e. The van der Waals surface area contributed by atoms with Crippen LogP contribution in [0.25, 0.3) is 0 Å². The Morgan fingerprint density at radius 3 is 2.37 bits per heavy atom. The van der Waals surface area contributed by atoms with E-state index in [1.165, 1.54) is 0 Å². The minimum Gasteiger partial charge on any atom is -0.386 e. The molecule has 0 aromatic carbocycles. The zero-order valence-corrected chi connectivity index (χ0v) is 12.9. The molecule has 0 radical (unpaired) electrons. The lowest BCUT2D eigenvalue weighted by Gasteiger charge is -2.22. The largest absolute Gasteiger partial charge is 0.386 e. The first kappa shape index (κ1) is 16.0. The molecular weight excluding hydrogens is 238 g/mol. The summed E-state index contributed by atoms with van der Waals surface area (Å²) in [5.41, 5.74) is 0.399. The SMILES string of the molecule is CCCCCn1c(C(C)C)ccc(C(C)(C)O)c1=O. The number of unbranched alkanes of at least 4 members (excludes halogenated alkanes) is 2. The number of hydrogen-bond donors (Lipinski definition) is 1. The lowest BCUT2D eigenvalue weighted by atomic mass is 9.98. The van der Waals surface area contributed by atoms with Crippen LogP contribution in [-0.2, 0) is 12.1 Å². The summed E-state index contributed by atoms with van der Waals surface area (Å²) in [4.78, 5) is 12.5. The zero-order valence-electron chi connectivity index (χ0n) is 12.9. The third-order valence-electron chi connectivity index (χ3n) is 3.44. The number of nitrogens with zero attached hydrogens (tertiary/aromatic N) is 1. The first-order chi connectivity index (χ1) is 8.79. The second-order valence-electron chi connectivity index (χ2n) is 6.05. The van der Waals surface area contributed by atoms with E-state index < -0.39 is 5.60 Å². The van der Waals surface area contributed by atoms with Crippen LogP contribution in [0.4, 0.5) is 0 Å². The van der Waals surface area contributed by atoms with Crippen LogP contribution in [-0.4, -0.2) is 9.67 Å². The summed E-state index contributed by atoms with van der Waals surface area (Å²) >= 11 is 0. The molecule has 0 aliphatic carbocycles. The van der Waals surface area contributed by atoms with E-state index in [-0.39, 0.29) is 5.56 Å². The zero-order chi connectivity index (χ0) is 14.6. The fourth-order valence-electron chi connectivity index (χ4n) is 2.31. The summed E-state index contributed by atoms with van der Waals surface area (Å²) in [5.74, 6) is 0.310. The van der Waals surface area contributed by atoms with Crippen LogP contribution in [0.15, 0.2) is 16.9 Å². The molecule has 0 bridgehead atoms. The summed E-state index contributed by atoms with van der Waals surface area (Å²) in [7, 11) is 0. The molecule has 0 unspecified atom stereocenters. The number of rotatable bonds is 6. The number of aliphatic hydroxyl groups is 1. The van der Waals surface area contributed by atoms with Gasteiger partial charge in [0.1, 0.15) is 0 Å². The molecule has 108 valence electrons. The van der Waals surface area contributed by atoms with Crippen molar-refractivity contribution in [2.45, 2.75) is 71.9 Å². The second kappa shape index (κ2) is 6.38. The van der Waals surface area contributed by atoms with E-state index in [0.29, 0.717) is 11.5 Å². The molecule has 1 heterocycles. The molecule has 1 aromatic heterocycles. The van der Waals surface area contributed by atoms with Crippen molar-refractivity contribution in [1.82, 2.24) is 4.57 Å². The Balaban J connectivity index is 3.24. The highest BCUT2D eigenvalue weighted by molar-refractivity contribution is 5.22. The molecule has 0 aliphatic heterocycles. The van der Waals surface area contributed by atoms with E-state index in [9.17, 15) is 9.90 Å². The Labute approximate surface area is 116 Å². The number of pyridine rings is 1. The Kier molecular flexibility index (Phi) is 5.36. The van der Waals surface area contributed by atoms with E-state index >= 15 is 0 Å². The van der Waals surface area contributed by atoms with Crippen LogP contribution < -0.4 is 5.56 Å². The third kappa shape index (κ3) is 3.93. The van der Waals surface area contributed by atoms with Gasteiger partial charge in [-0.3, -0.25) is 4.79 Å². The summed E-state index contributed by atoms with van der Waals surface area (Å²) in [6.07, 6.45) is 3.26. The fourth-order valence-corrected chi connectivity index (χ4v) is 2.31. The van der Waals surface area contributed by atoms with Crippen molar-refractivity contribution in [3.8, 4) is 0 Å². The molecule has 19 heavy (non-hydrogen) atoms. The van der Waals surface area contributed by atoms with Crippen LogP contribution in [0.2, 0.25) is 0 Å². The van der Waals surface area contributed by atoms with E-state index in [1.807, 2.05) is 10.6 Å². The Hall–Kier alpha value is -1.09. The molecule has 0 atom stereocenters. The van der Waals surface area contributed by atoms with Gasteiger partial charge in [-0.1, -0.05) is 33.6 Å². The molecular formula is C16H27NO2. The summed E-state index contributed by atoms with van der Waals surface area (Å²) in [6, 6.07) is 3.75. The molecule has 3 nitrogen and oxygen atoms in total. The van der Waals surface area contributed by atoms with Gasteiger partial charge in [0.25, 0.3) is 5.56 Å². The molecule has 1 N–H and O–H groups in total. The molecule has 0 saturated heterocycles. The summed E-state index contributed by atoms with van der Waals surface area (Å²) < 4.78 is 1.84. The predicted octanol–water partition coefficient (Wildman–Crippen LogP) is 3.39. The maximum Gasteiger partial charge on any atom is 0.256 e. The van der Waals surface area contributed by atoms with Crippen LogP contribution in [0.1, 0.15) is 71.1 Å². The highest BCUT2D eigenvalue weighted by atomic mass is 16.3. The van der Waals surface area contributed by atoms with Gasteiger partial charge in [-0.2, -0.15) is 0 Å². The second-order valence-corrected chi connectivity index (χ2v) is 6.05. The lowest BCUT2D eigenvalue weighted by molar-refractivity contribution is 0.0763. The minimum atomic E-state index is -1.08. The first-order valence-corrected chi connectivity index (χ1v) is 7.25. The lowest BCUT2D eigenvalue weighted by Crippen LogP contribution is -2.33. The molecule has 0 aliphatic rings. The van der Waals surface area contributed by atoms with Crippen molar-refractivity contribution in [2.75, 3.05) is 0 Å². The summed E-state index contributed by atoms with van der Waals surface area (Å²) in [5, 5.41) is 10.1. The maximum atomic E-state index is 12.5. The minimum absolute atomic E-state index is 0.0465. The van der Waals surface area contributed by atoms with E-state index in [4.69, 9.17) is 0 Å². The standard InChI is InChI=1S/C16H27NO2/c1-6-7-8-11-17-14(12(2)3)10-9-13(15(17)18)16(4,5)19/h9-10,12,19H,6-8,11H2,1-5H3. The van der Waals surface area contributed by atoms with Crippen molar-refractivity contribution in [2.24, 2.45) is 0 Å². The quantitative estimate of drug-likeness (QED) is 0.801. The van der Waals surface area contributed by atoms with Crippen molar-refractivity contribution >= 4 is 0 Å². The monoisotopic (exact) mass is 265 g/mol. The topological polar surface area (TPSA) is 42.2 Å². The summed E-state index contributed by atoms with van der Waals surface area (Å²) in [6.45, 7) is 10.4. The average Bonchev–Trinajstić information content (AvgIpc) is 2.29. The van der Waals surface area contributed by atoms with Gasteiger partial charge in [0, 0.05) is 17.8 Å². The van der Waals surface area contributed by atoms with Crippen LogP contribution >= 0.6 is 0 Å². The van der Waals surface area contributed by atoms with Crippen molar-refractivity contribution in [3.63, 3.8) is 0 Å². The first-order valence-electron chi connectivity index (χ1n) is 7.25. The van der Waals surface area contributed by atoms with Crippen molar-refractivity contribution in [1.29, 1.82) is 0 Å². The van der Waals surface area contributed by atoms with Crippen LogP contribution in [0, 0.1) is 0 Å². The highest BCUT2D eigenvalue weighted by Gasteiger charge is 2.22. The molecule has 3 heteroatoms. The molecule has 0 saturated carbocycles. The average molecular weight is 265 g/mol. The molecule has 1 aromatic rings. The van der Waals surface area contributed by atoms with Crippen LogP contribution in [0.5, 0.6) is 0 Å². The number of hydrogen-bond acceptors (Lipinski definition) is 2. The molecule has 1 rings (SSSR count). The van der Waals surface area contributed by atoms with Crippen molar-refractivity contribution in [3.05, 3.63) is 33.7 Å². The van der Waals surface area contributed by atoms with Gasteiger partial charge in [0.05, 0.1) is 5.60 Å². The highest BCUT2D eigenvalue weighted by Crippen LogP contribution is 2.19.